The molecule has 0 bridgehead atoms. The second kappa shape index (κ2) is 7.57. The highest BCUT2D eigenvalue weighted by Gasteiger charge is 2.15. The van der Waals surface area contributed by atoms with Crippen LogP contribution in [-0.4, -0.2) is 44.7 Å². The summed E-state index contributed by atoms with van der Waals surface area (Å²) in [5.41, 5.74) is 5.66. The molecule has 2 rings (SSSR count). The summed E-state index contributed by atoms with van der Waals surface area (Å²) < 4.78 is 11.6. The number of nitrogens with two attached hydrogens (primary N) is 1. The van der Waals surface area contributed by atoms with Crippen LogP contribution >= 0.6 is 0 Å². The number of hydrogen-bond donors (Lipinski definition) is 2. The van der Waals surface area contributed by atoms with Crippen LogP contribution < -0.4 is 11.3 Å². The van der Waals surface area contributed by atoms with Gasteiger partial charge in [0.1, 0.15) is 0 Å². The lowest BCUT2D eigenvalue weighted by atomic mass is 10.1. The lowest BCUT2D eigenvalue weighted by molar-refractivity contribution is -0.146. The summed E-state index contributed by atoms with van der Waals surface area (Å²) in [5.74, 6) is -1.02. The van der Waals surface area contributed by atoms with E-state index in [4.69, 9.17) is 15.2 Å². The Morgan fingerprint density at radius 2 is 1.92 bits per heavy atom. The molecule has 0 aromatic carbocycles. The molecule has 10 nitrogen and oxygen atoms in total. The van der Waals surface area contributed by atoms with Crippen LogP contribution in [0.4, 0.5) is 5.95 Å². The number of imidazole rings is 1. The summed E-state index contributed by atoms with van der Waals surface area (Å²) in [7, 11) is 0. The molecular formula is C14H19N5O5. The summed E-state index contributed by atoms with van der Waals surface area (Å²) in [4.78, 5) is 44.3. The van der Waals surface area contributed by atoms with Crippen LogP contribution in [0.1, 0.15) is 20.3 Å². The van der Waals surface area contributed by atoms with Crippen molar-refractivity contribution in [1.82, 2.24) is 19.5 Å². The predicted octanol–water partition coefficient (Wildman–Crippen LogP) is -0.166. The van der Waals surface area contributed by atoms with Gasteiger partial charge in [-0.25, -0.2) is 4.98 Å². The topological polar surface area (TPSA) is 142 Å². The number of hydrogen-bond acceptors (Lipinski definition) is 8. The SMILES string of the molecule is CC(=O)OCC(CCn1cnc2nc(N)[nH]c(=O)c21)COC(C)=O. The largest absolute Gasteiger partial charge is 0.465 e. The van der Waals surface area contributed by atoms with Gasteiger partial charge in [0.25, 0.3) is 5.56 Å². The van der Waals surface area contributed by atoms with Crippen LogP contribution in [0.3, 0.4) is 0 Å². The molecule has 0 aliphatic rings. The predicted molar refractivity (Wildman–Crippen MR) is 83.9 cm³/mol. The van der Waals surface area contributed by atoms with Gasteiger partial charge >= 0.3 is 11.9 Å². The van der Waals surface area contributed by atoms with Crippen LogP contribution in [0.2, 0.25) is 0 Å². The molecule has 0 amide bonds. The molecule has 0 atom stereocenters. The Hall–Kier alpha value is -2.91. The van der Waals surface area contributed by atoms with Gasteiger partial charge in [-0.05, 0) is 6.42 Å². The Kier molecular flexibility index (Phi) is 5.51. The molecule has 10 heteroatoms. The number of nitrogens with one attached hydrogen (secondary N) is 1. The van der Waals surface area contributed by atoms with Crippen molar-refractivity contribution < 1.29 is 19.1 Å². The number of aromatic nitrogens is 4. The zero-order chi connectivity index (χ0) is 17.7. The first-order valence-electron chi connectivity index (χ1n) is 7.34. The number of nitrogens with zero attached hydrogens (tertiary/aromatic N) is 3. The molecule has 2 aromatic heterocycles. The highest BCUT2D eigenvalue weighted by molar-refractivity contribution is 5.70. The van der Waals surface area contributed by atoms with E-state index in [2.05, 4.69) is 15.0 Å². The van der Waals surface area contributed by atoms with Crippen molar-refractivity contribution in [2.45, 2.75) is 26.8 Å². The fraction of sp³-hybridized carbons (Fsp3) is 0.500. The number of fused-ring (bicyclic) bond motifs is 1. The van der Waals surface area contributed by atoms with Crippen LogP contribution in [-0.2, 0) is 25.6 Å². The fourth-order valence-electron chi connectivity index (χ4n) is 2.18. The number of aryl methyl sites for hydroxylation is 1. The number of rotatable bonds is 7. The summed E-state index contributed by atoms with van der Waals surface area (Å²) in [6.07, 6.45) is 2.00. The maximum atomic E-state index is 12.0. The quantitative estimate of drug-likeness (QED) is 0.663. The summed E-state index contributed by atoms with van der Waals surface area (Å²) >= 11 is 0. The third-order valence-electron chi connectivity index (χ3n) is 3.32. The third kappa shape index (κ3) is 4.54. The van der Waals surface area contributed by atoms with E-state index in [0.717, 1.165) is 0 Å². The van der Waals surface area contributed by atoms with Crippen molar-refractivity contribution in [1.29, 1.82) is 0 Å². The molecular weight excluding hydrogens is 318 g/mol. The van der Waals surface area contributed by atoms with Crippen LogP contribution in [0.15, 0.2) is 11.1 Å². The molecule has 3 N–H and O–H groups in total. The Bertz CT molecular complexity index is 778. The standard InChI is InChI=1S/C14H19N5O5/c1-8(20)23-5-10(6-24-9(2)21)3-4-19-7-16-12-11(19)13(22)18-14(15)17-12/h7,10H,3-6H2,1-2H3,(H3,15,17,18,22). The Balaban J connectivity index is 2.08. The van der Waals surface area contributed by atoms with Gasteiger partial charge in [-0.3, -0.25) is 19.4 Å². The van der Waals surface area contributed by atoms with E-state index < -0.39 is 11.9 Å². The minimum absolute atomic E-state index is 0.000318. The van der Waals surface area contributed by atoms with Crippen molar-refractivity contribution in [2.75, 3.05) is 18.9 Å². The Morgan fingerprint density at radius 1 is 1.29 bits per heavy atom. The van der Waals surface area contributed by atoms with Gasteiger partial charge in [0.2, 0.25) is 5.95 Å². The second-order valence-electron chi connectivity index (χ2n) is 5.32. The molecule has 2 aromatic rings. The number of carbonyl (C=O) groups excluding carboxylic acids is 2. The molecule has 0 saturated carbocycles. The molecule has 0 unspecified atom stereocenters. The average Bonchev–Trinajstić information content (AvgIpc) is 2.89. The zero-order valence-corrected chi connectivity index (χ0v) is 13.4. The summed E-state index contributed by atoms with van der Waals surface area (Å²) in [5, 5.41) is 0. The van der Waals surface area contributed by atoms with Crippen molar-refractivity contribution in [3.8, 4) is 0 Å². The Morgan fingerprint density at radius 3 is 2.50 bits per heavy atom. The van der Waals surface area contributed by atoms with Gasteiger partial charge in [-0.2, -0.15) is 4.98 Å². The zero-order valence-electron chi connectivity index (χ0n) is 13.4. The minimum atomic E-state index is -0.410. The van der Waals surface area contributed by atoms with Gasteiger partial charge < -0.3 is 19.8 Å². The number of H-pyrrole nitrogens is 1. The molecule has 24 heavy (non-hydrogen) atoms. The van der Waals surface area contributed by atoms with E-state index in [1.807, 2.05) is 0 Å². The maximum absolute atomic E-state index is 12.0. The van der Waals surface area contributed by atoms with Gasteiger partial charge in [0, 0.05) is 26.3 Å². The molecule has 0 aliphatic carbocycles. The highest BCUT2D eigenvalue weighted by atomic mass is 16.5. The van der Waals surface area contributed by atoms with E-state index in [0.29, 0.717) is 18.5 Å². The number of anilines is 1. The number of ether oxygens (including phenoxy) is 2. The molecule has 0 spiro atoms. The fourth-order valence-corrected chi connectivity index (χ4v) is 2.18. The number of carbonyl (C=O) groups is 2. The van der Waals surface area contributed by atoms with Crippen LogP contribution in [0.25, 0.3) is 11.2 Å². The lowest BCUT2D eigenvalue weighted by Gasteiger charge is -2.16. The maximum Gasteiger partial charge on any atom is 0.302 e. The third-order valence-corrected chi connectivity index (χ3v) is 3.32. The first kappa shape index (κ1) is 17.4. The van der Waals surface area contributed by atoms with Crippen LogP contribution in [0.5, 0.6) is 0 Å². The number of esters is 2. The van der Waals surface area contributed by atoms with E-state index >= 15 is 0 Å². The Labute approximate surface area is 137 Å². The second-order valence-corrected chi connectivity index (χ2v) is 5.32. The van der Waals surface area contributed by atoms with E-state index in [9.17, 15) is 14.4 Å². The highest BCUT2D eigenvalue weighted by Crippen LogP contribution is 2.12. The molecule has 0 aliphatic heterocycles. The molecule has 0 fully saturated rings. The smallest absolute Gasteiger partial charge is 0.302 e. The first-order valence-corrected chi connectivity index (χ1v) is 7.34. The number of aromatic amines is 1. The summed E-state index contributed by atoms with van der Waals surface area (Å²) in [6, 6.07) is 0. The summed E-state index contributed by atoms with van der Waals surface area (Å²) in [6.45, 7) is 3.27. The molecule has 130 valence electrons. The van der Waals surface area contributed by atoms with E-state index in [-0.39, 0.29) is 36.3 Å². The van der Waals surface area contributed by atoms with Gasteiger partial charge in [0.15, 0.2) is 11.2 Å². The van der Waals surface area contributed by atoms with E-state index in [1.165, 1.54) is 20.2 Å². The van der Waals surface area contributed by atoms with E-state index in [1.54, 1.807) is 4.57 Å². The van der Waals surface area contributed by atoms with Crippen molar-refractivity contribution >= 4 is 29.1 Å². The number of nitrogen functional groups attached to an aromatic ring is 1. The van der Waals surface area contributed by atoms with Gasteiger partial charge in [-0.1, -0.05) is 0 Å². The van der Waals surface area contributed by atoms with Crippen molar-refractivity contribution in [2.24, 2.45) is 5.92 Å². The monoisotopic (exact) mass is 337 g/mol. The minimum Gasteiger partial charge on any atom is -0.465 e. The normalized spacial score (nSPS) is 11.0. The lowest BCUT2D eigenvalue weighted by Crippen LogP contribution is -2.22. The van der Waals surface area contributed by atoms with Gasteiger partial charge in [-0.15, -0.1) is 0 Å². The van der Waals surface area contributed by atoms with Crippen LogP contribution in [0, 0.1) is 5.92 Å². The molecule has 0 radical (unpaired) electrons. The van der Waals surface area contributed by atoms with Gasteiger partial charge in [0.05, 0.1) is 19.5 Å². The molecule has 0 saturated heterocycles. The molecule has 2 heterocycles. The van der Waals surface area contributed by atoms with Crippen molar-refractivity contribution in [3.63, 3.8) is 0 Å². The average molecular weight is 337 g/mol. The first-order chi connectivity index (χ1) is 11.4. The van der Waals surface area contributed by atoms with Crippen molar-refractivity contribution in [3.05, 3.63) is 16.7 Å².